The summed E-state index contributed by atoms with van der Waals surface area (Å²) >= 11 is 0. The summed E-state index contributed by atoms with van der Waals surface area (Å²) in [6.07, 6.45) is 1.66. The fourth-order valence-corrected chi connectivity index (χ4v) is 4.40. The Morgan fingerprint density at radius 1 is 0.690 bits per heavy atom. The molecule has 0 saturated carbocycles. The van der Waals surface area contributed by atoms with E-state index in [0.29, 0.717) is 37.9 Å². The molecule has 0 aliphatic carbocycles. The number of methoxy groups -OCH3 is 2. The summed E-state index contributed by atoms with van der Waals surface area (Å²) in [5.74, 6) is -0.476. The van der Waals surface area contributed by atoms with Crippen molar-refractivity contribution in [1.29, 1.82) is 0 Å². The van der Waals surface area contributed by atoms with Crippen molar-refractivity contribution in [2.45, 2.75) is 26.7 Å². The number of ether oxygens (including phenoxy) is 8. The standard InChI is InChI=1S/C31H38O11/c1-5-30(15-37-16-30)19-41-27(32)13-39-25-11-21(35-3)7-9-23(25)29(34)24-10-8-22(36-4)12-26(24)40-14-28(33)42-20-31(6-2)17-38-18-31/h7-12H,5-6,13-20H2,1-4H3. The van der Waals surface area contributed by atoms with E-state index in [2.05, 4.69) is 0 Å². The number of benzene rings is 2. The van der Waals surface area contributed by atoms with Crippen molar-refractivity contribution in [3.63, 3.8) is 0 Å². The Balaban J connectivity index is 1.46. The van der Waals surface area contributed by atoms with Crippen molar-refractivity contribution in [3.05, 3.63) is 47.5 Å². The van der Waals surface area contributed by atoms with Gasteiger partial charge >= 0.3 is 11.9 Å². The first-order valence-corrected chi connectivity index (χ1v) is 13.9. The first kappa shape index (κ1) is 31.1. The normalized spacial score (nSPS) is 16.3. The molecule has 2 saturated heterocycles. The molecule has 4 rings (SSSR count). The molecular weight excluding hydrogens is 548 g/mol. The maximum absolute atomic E-state index is 13.8. The number of ketones is 1. The zero-order chi connectivity index (χ0) is 30.2. The van der Waals surface area contributed by atoms with Crippen molar-refractivity contribution in [2.75, 3.05) is 67.1 Å². The highest BCUT2D eigenvalue weighted by atomic mass is 16.6. The van der Waals surface area contributed by atoms with Crippen molar-refractivity contribution in [1.82, 2.24) is 0 Å². The second-order valence-corrected chi connectivity index (χ2v) is 10.6. The highest BCUT2D eigenvalue weighted by Crippen LogP contribution is 2.34. The Morgan fingerprint density at radius 3 is 1.40 bits per heavy atom. The number of carbonyl (C=O) groups excluding carboxylic acids is 3. The second-order valence-electron chi connectivity index (χ2n) is 10.6. The van der Waals surface area contributed by atoms with Gasteiger partial charge < -0.3 is 37.9 Å². The van der Waals surface area contributed by atoms with E-state index in [9.17, 15) is 14.4 Å². The molecule has 0 amide bonds. The van der Waals surface area contributed by atoms with Gasteiger partial charge in [0.2, 0.25) is 0 Å². The van der Waals surface area contributed by atoms with Gasteiger partial charge in [0, 0.05) is 12.1 Å². The number of carbonyl (C=O) groups is 3. The molecular formula is C31H38O11. The van der Waals surface area contributed by atoms with Gasteiger partial charge in [-0.05, 0) is 37.1 Å². The minimum atomic E-state index is -0.568. The Hall–Kier alpha value is -3.83. The number of hydrogen-bond acceptors (Lipinski definition) is 11. The molecule has 2 aliphatic rings. The van der Waals surface area contributed by atoms with Crippen molar-refractivity contribution in [3.8, 4) is 23.0 Å². The van der Waals surface area contributed by atoms with E-state index in [1.807, 2.05) is 13.8 Å². The van der Waals surface area contributed by atoms with Crippen LogP contribution in [0.1, 0.15) is 42.6 Å². The minimum Gasteiger partial charge on any atom is -0.497 e. The summed E-state index contributed by atoms with van der Waals surface area (Å²) in [4.78, 5) is 38.7. The highest BCUT2D eigenvalue weighted by molar-refractivity contribution is 6.12. The first-order valence-electron chi connectivity index (χ1n) is 13.9. The Labute approximate surface area is 245 Å². The molecule has 2 fully saturated rings. The van der Waals surface area contributed by atoms with Gasteiger partial charge in [0.15, 0.2) is 19.0 Å². The largest absolute Gasteiger partial charge is 0.497 e. The van der Waals surface area contributed by atoms with Crippen LogP contribution in [0.5, 0.6) is 23.0 Å². The molecule has 0 atom stereocenters. The fourth-order valence-electron chi connectivity index (χ4n) is 4.40. The maximum Gasteiger partial charge on any atom is 0.344 e. The first-order chi connectivity index (χ1) is 20.3. The Kier molecular flexibility index (Phi) is 10.3. The molecule has 228 valence electrons. The topological polar surface area (TPSA) is 125 Å². The summed E-state index contributed by atoms with van der Waals surface area (Å²) in [7, 11) is 2.96. The predicted molar refractivity (Wildman–Crippen MR) is 149 cm³/mol. The maximum atomic E-state index is 13.8. The van der Waals surface area contributed by atoms with E-state index in [0.717, 1.165) is 12.8 Å². The quantitative estimate of drug-likeness (QED) is 0.211. The third-order valence-corrected chi connectivity index (χ3v) is 7.77. The molecule has 0 N–H and O–H groups in total. The van der Waals surface area contributed by atoms with Crippen molar-refractivity contribution >= 4 is 17.7 Å². The van der Waals surface area contributed by atoms with Crippen LogP contribution >= 0.6 is 0 Å². The molecule has 0 spiro atoms. The summed E-state index contributed by atoms with van der Waals surface area (Å²) in [6, 6.07) is 9.32. The van der Waals surface area contributed by atoms with Crippen molar-refractivity contribution < 1.29 is 52.3 Å². The molecule has 42 heavy (non-hydrogen) atoms. The summed E-state index contributed by atoms with van der Waals surface area (Å²) in [5.41, 5.74) is 0.00178. The van der Waals surface area contributed by atoms with Crippen LogP contribution in [-0.2, 0) is 28.5 Å². The fraction of sp³-hybridized carbons (Fsp3) is 0.516. The lowest BCUT2D eigenvalue weighted by atomic mass is 9.84. The van der Waals surface area contributed by atoms with E-state index in [1.165, 1.54) is 38.5 Å². The summed E-state index contributed by atoms with van der Waals surface area (Å²) < 4.78 is 43.5. The summed E-state index contributed by atoms with van der Waals surface area (Å²) in [6.45, 7) is 5.88. The average molecular weight is 587 g/mol. The predicted octanol–water partition coefficient (Wildman–Crippen LogP) is 3.63. The lowest BCUT2D eigenvalue weighted by molar-refractivity contribution is -0.172. The molecule has 0 radical (unpaired) electrons. The van der Waals surface area contributed by atoms with E-state index < -0.39 is 30.9 Å². The van der Waals surface area contributed by atoms with Crippen LogP contribution in [0.15, 0.2) is 36.4 Å². The van der Waals surface area contributed by atoms with Gasteiger partial charge in [-0.25, -0.2) is 9.59 Å². The lowest BCUT2D eigenvalue weighted by Crippen LogP contribution is -2.46. The molecule has 0 aromatic heterocycles. The molecule has 11 heteroatoms. The highest BCUT2D eigenvalue weighted by Gasteiger charge is 2.39. The third kappa shape index (κ3) is 7.32. The van der Waals surface area contributed by atoms with E-state index in [-0.39, 0.29) is 46.7 Å². The number of esters is 2. The molecule has 2 heterocycles. The van der Waals surface area contributed by atoms with E-state index in [1.54, 1.807) is 12.1 Å². The average Bonchev–Trinajstić information content (AvgIpc) is 2.97. The van der Waals surface area contributed by atoms with Gasteiger partial charge in [-0.3, -0.25) is 4.79 Å². The van der Waals surface area contributed by atoms with Crippen LogP contribution in [0.3, 0.4) is 0 Å². The van der Waals surface area contributed by atoms with Gasteiger partial charge in [-0.1, -0.05) is 13.8 Å². The zero-order valence-corrected chi connectivity index (χ0v) is 24.5. The zero-order valence-electron chi connectivity index (χ0n) is 24.5. The Morgan fingerprint density at radius 2 is 1.10 bits per heavy atom. The molecule has 2 aromatic rings. The van der Waals surface area contributed by atoms with Gasteiger partial charge in [-0.2, -0.15) is 0 Å². The number of rotatable bonds is 16. The molecule has 11 nitrogen and oxygen atoms in total. The van der Waals surface area contributed by atoms with Crippen molar-refractivity contribution in [2.24, 2.45) is 10.8 Å². The molecule has 2 aliphatic heterocycles. The van der Waals surface area contributed by atoms with Gasteiger partial charge in [0.1, 0.15) is 36.2 Å². The van der Waals surface area contributed by atoms with E-state index >= 15 is 0 Å². The summed E-state index contributed by atoms with van der Waals surface area (Å²) in [5, 5.41) is 0. The van der Waals surface area contributed by atoms with Crippen LogP contribution in [-0.4, -0.2) is 84.8 Å². The van der Waals surface area contributed by atoms with Crippen LogP contribution in [0.4, 0.5) is 0 Å². The SMILES string of the molecule is CCC1(COC(=O)COc2cc(OC)ccc2C(=O)c2ccc(OC)cc2OCC(=O)OCC2(CC)COC2)COC1. The second kappa shape index (κ2) is 13.9. The van der Waals surface area contributed by atoms with E-state index in [4.69, 9.17) is 37.9 Å². The van der Waals surface area contributed by atoms with Crippen LogP contribution in [0, 0.1) is 10.8 Å². The third-order valence-electron chi connectivity index (χ3n) is 7.77. The Bertz CT molecular complexity index is 1160. The molecule has 0 bridgehead atoms. The molecule has 2 aromatic carbocycles. The van der Waals surface area contributed by atoms with Gasteiger partial charge in [-0.15, -0.1) is 0 Å². The monoisotopic (exact) mass is 586 g/mol. The van der Waals surface area contributed by atoms with Gasteiger partial charge in [0.05, 0.1) is 62.6 Å². The van der Waals surface area contributed by atoms with Crippen LogP contribution < -0.4 is 18.9 Å². The number of hydrogen-bond donors (Lipinski definition) is 0. The van der Waals surface area contributed by atoms with Gasteiger partial charge in [0.25, 0.3) is 0 Å². The minimum absolute atomic E-state index is 0.127. The van der Waals surface area contributed by atoms with Crippen LogP contribution in [0.25, 0.3) is 0 Å². The van der Waals surface area contributed by atoms with Crippen LogP contribution in [0.2, 0.25) is 0 Å². The lowest BCUT2D eigenvalue weighted by Gasteiger charge is -2.39. The smallest absolute Gasteiger partial charge is 0.344 e. The molecule has 0 unspecified atom stereocenters.